The molecule has 1 atom stereocenters. The first kappa shape index (κ1) is 15.1. The molecule has 0 aliphatic carbocycles. The molecule has 0 amide bonds. The van der Waals surface area contributed by atoms with Gasteiger partial charge in [0.2, 0.25) is 0 Å². The van der Waals surface area contributed by atoms with Gasteiger partial charge in [0.05, 0.1) is 20.3 Å². The van der Waals surface area contributed by atoms with Crippen molar-refractivity contribution in [3.8, 4) is 11.5 Å². The molecule has 1 aliphatic rings. The van der Waals surface area contributed by atoms with Gasteiger partial charge in [0.15, 0.2) is 11.5 Å². The van der Waals surface area contributed by atoms with E-state index in [1.54, 1.807) is 7.11 Å². The molecular weight excluding hydrogens is 254 g/mol. The summed E-state index contributed by atoms with van der Waals surface area (Å²) in [5.74, 6) is 2.27. The van der Waals surface area contributed by atoms with Crippen molar-refractivity contribution in [1.29, 1.82) is 0 Å². The van der Waals surface area contributed by atoms with E-state index in [0.29, 0.717) is 12.5 Å². The van der Waals surface area contributed by atoms with Crippen LogP contribution in [0.2, 0.25) is 0 Å². The van der Waals surface area contributed by atoms with Gasteiger partial charge in [0.1, 0.15) is 6.10 Å². The van der Waals surface area contributed by atoms with Gasteiger partial charge in [0, 0.05) is 18.5 Å². The molecule has 1 saturated heterocycles. The Morgan fingerprint density at radius 3 is 2.90 bits per heavy atom. The molecule has 20 heavy (non-hydrogen) atoms. The van der Waals surface area contributed by atoms with Crippen molar-refractivity contribution in [2.24, 2.45) is 5.92 Å². The van der Waals surface area contributed by atoms with E-state index < -0.39 is 0 Å². The summed E-state index contributed by atoms with van der Waals surface area (Å²) in [5.41, 5.74) is 1.14. The first-order chi connectivity index (χ1) is 9.70. The summed E-state index contributed by atoms with van der Waals surface area (Å²) in [4.78, 5) is 0. The lowest BCUT2D eigenvalue weighted by atomic mass is 10.1. The second-order valence-corrected chi connectivity index (χ2v) is 5.58. The van der Waals surface area contributed by atoms with E-state index in [0.717, 1.165) is 43.2 Å². The van der Waals surface area contributed by atoms with Gasteiger partial charge < -0.3 is 19.5 Å². The number of benzene rings is 1. The van der Waals surface area contributed by atoms with Crippen LogP contribution in [-0.4, -0.2) is 33.0 Å². The average molecular weight is 279 g/mol. The first-order valence-corrected chi connectivity index (χ1v) is 7.31. The normalized spacial score (nSPS) is 18.5. The molecule has 112 valence electrons. The first-order valence-electron chi connectivity index (χ1n) is 7.31. The maximum absolute atomic E-state index is 6.10. The van der Waals surface area contributed by atoms with E-state index in [1.807, 2.05) is 12.1 Å². The van der Waals surface area contributed by atoms with Gasteiger partial charge in [-0.15, -0.1) is 0 Å². The van der Waals surface area contributed by atoms with Crippen molar-refractivity contribution in [2.75, 3.05) is 26.9 Å². The largest absolute Gasteiger partial charge is 0.493 e. The van der Waals surface area contributed by atoms with Crippen molar-refractivity contribution < 1.29 is 14.2 Å². The Morgan fingerprint density at radius 2 is 2.25 bits per heavy atom. The fourth-order valence-electron chi connectivity index (χ4n) is 2.26. The zero-order chi connectivity index (χ0) is 14.4. The van der Waals surface area contributed by atoms with Crippen LogP contribution < -0.4 is 14.8 Å². The number of ether oxygens (including phenoxy) is 3. The van der Waals surface area contributed by atoms with Crippen LogP contribution in [0, 0.1) is 5.92 Å². The van der Waals surface area contributed by atoms with Crippen LogP contribution in [-0.2, 0) is 11.3 Å². The van der Waals surface area contributed by atoms with Gasteiger partial charge in [-0.25, -0.2) is 0 Å². The molecule has 1 fully saturated rings. The summed E-state index contributed by atoms with van der Waals surface area (Å²) in [6, 6.07) is 6.03. The van der Waals surface area contributed by atoms with Crippen LogP contribution in [0.1, 0.15) is 25.8 Å². The number of hydrogen-bond acceptors (Lipinski definition) is 4. The Kier molecular flexibility index (Phi) is 5.68. The van der Waals surface area contributed by atoms with Crippen molar-refractivity contribution >= 4 is 0 Å². The lowest BCUT2D eigenvalue weighted by Crippen LogP contribution is -2.21. The molecule has 1 aromatic carbocycles. The number of methoxy groups -OCH3 is 1. The highest BCUT2D eigenvalue weighted by Crippen LogP contribution is 2.33. The molecule has 0 bridgehead atoms. The molecule has 1 unspecified atom stereocenters. The Labute approximate surface area is 121 Å². The van der Waals surface area contributed by atoms with E-state index in [2.05, 4.69) is 25.2 Å². The standard InChI is InChI=1S/C16H25NO3/c1-12(2)9-17-10-13-5-4-6-15(18-3)16(13)20-14-7-8-19-11-14/h4-6,12,14,17H,7-11H2,1-3H3. The minimum absolute atomic E-state index is 0.134. The summed E-state index contributed by atoms with van der Waals surface area (Å²) in [7, 11) is 1.68. The molecule has 0 saturated carbocycles. The molecule has 2 rings (SSSR count). The summed E-state index contributed by atoms with van der Waals surface area (Å²) in [6.45, 7) is 7.62. The summed E-state index contributed by atoms with van der Waals surface area (Å²) >= 11 is 0. The highest BCUT2D eigenvalue weighted by molar-refractivity contribution is 5.46. The van der Waals surface area contributed by atoms with Crippen LogP contribution in [0.3, 0.4) is 0 Å². The fourth-order valence-corrected chi connectivity index (χ4v) is 2.26. The van der Waals surface area contributed by atoms with Gasteiger partial charge in [-0.2, -0.15) is 0 Å². The topological polar surface area (TPSA) is 39.7 Å². The quantitative estimate of drug-likeness (QED) is 0.833. The second-order valence-electron chi connectivity index (χ2n) is 5.58. The van der Waals surface area contributed by atoms with Crippen molar-refractivity contribution in [2.45, 2.75) is 32.9 Å². The number of para-hydroxylation sites is 1. The van der Waals surface area contributed by atoms with Crippen LogP contribution >= 0.6 is 0 Å². The van der Waals surface area contributed by atoms with Crippen LogP contribution in [0.25, 0.3) is 0 Å². The maximum Gasteiger partial charge on any atom is 0.166 e. The maximum atomic E-state index is 6.10. The Bertz CT molecular complexity index is 414. The van der Waals surface area contributed by atoms with Crippen molar-refractivity contribution in [1.82, 2.24) is 5.32 Å². The van der Waals surface area contributed by atoms with E-state index >= 15 is 0 Å². The number of nitrogens with one attached hydrogen (secondary N) is 1. The lowest BCUT2D eigenvalue weighted by molar-refractivity contribution is 0.138. The third-order valence-electron chi connectivity index (χ3n) is 3.32. The zero-order valence-electron chi connectivity index (χ0n) is 12.6. The Hall–Kier alpha value is -1.26. The van der Waals surface area contributed by atoms with Crippen LogP contribution in [0.4, 0.5) is 0 Å². The van der Waals surface area contributed by atoms with Gasteiger partial charge in [-0.1, -0.05) is 26.0 Å². The minimum Gasteiger partial charge on any atom is -0.493 e. The zero-order valence-corrected chi connectivity index (χ0v) is 12.6. The van der Waals surface area contributed by atoms with Gasteiger partial charge in [-0.05, 0) is 18.5 Å². The van der Waals surface area contributed by atoms with E-state index in [9.17, 15) is 0 Å². The lowest BCUT2D eigenvalue weighted by Gasteiger charge is -2.19. The molecule has 1 aliphatic heterocycles. The van der Waals surface area contributed by atoms with Crippen molar-refractivity contribution in [3.63, 3.8) is 0 Å². The van der Waals surface area contributed by atoms with E-state index in [4.69, 9.17) is 14.2 Å². The molecule has 4 heteroatoms. The molecule has 4 nitrogen and oxygen atoms in total. The fraction of sp³-hybridized carbons (Fsp3) is 0.625. The molecular formula is C16H25NO3. The summed E-state index contributed by atoms with van der Waals surface area (Å²) in [6.07, 6.45) is 1.08. The molecule has 1 aromatic rings. The molecule has 0 radical (unpaired) electrons. The minimum atomic E-state index is 0.134. The Morgan fingerprint density at radius 1 is 1.40 bits per heavy atom. The summed E-state index contributed by atoms with van der Waals surface area (Å²) < 4.78 is 16.9. The van der Waals surface area contributed by atoms with E-state index in [1.165, 1.54) is 0 Å². The van der Waals surface area contributed by atoms with Crippen molar-refractivity contribution in [3.05, 3.63) is 23.8 Å². The van der Waals surface area contributed by atoms with Gasteiger partial charge in [-0.3, -0.25) is 0 Å². The molecule has 1 heterocycles. The predicted molar refractivity (Wildman–Crippen MR) is 79.4 cm³/mol. The number of rotatable bonds is 7. The van der Waals surface area contributed by atoms with Crippen LogP contribution in [0.5, 0.6) is 11.5 Å². The second kappa shape index (κ2) is 7.50. The highest BCUT2D eigenvalue weighted by Gasteiger charge is 2.20. The predicted octanol–water partition coefficient (Wildman–Crippen LogP) is 2.61. The smallest absolute Gasteiger partial charge is 0.166 e. The van der Waals surface area contributed by atoms with Gasteiger partial charge >= 0.3 is 0 Å². The average Bonchev–Trinajstić information content (AvgIpc) is 2.93. The van der Waals surface area contributed by atoms with Crippen LogP contribution in [0.15, 0.2) is 18.2 Å². The van der Waals surface area contributed by atoms with Gasteiger partial charge in [0.25, 0.3) is 0 Å². The SMILES string of the molecule is COc1cccc(CNCC(C)C)c1OC1CCOC1. The highest BCUT2D eigenvalue weighted by atomic mass is 16.6. The monoisotopic (exact) mass is 279 g/mol. The number of hydrogen-bond donors (Lipinski definition) is 1. The molecule has 0 aromatic heterocycles. The Balaban J connectivity index is 2.08. The molecule has 1 N–H and O–H groups in total. The van der Waals surface area contributed by atoms with E-state index in [-0.39, 0.29) is 6.10 Å². The molecule has 0 spiro atoms. The summed E-state index contributed by atoms with van der Waals surface area (Å²) in [5, 5.41) is 3.45. The third kappa shape index (κ3) is 4.12. The third-order valence-corrected chi connectivity index (χ3v) is 3.32.